The van der Waals surface area contributed by atoms with E-state index in [-0.39, 0.29) is 13.2 Å². The molecule has 0 radical (unpaired) electrons. The average Bonchev–Trinajstić information content (AvgIpc) is 2.20. The van der Waals surface area contributed by atoms with Gasteiger partial charge in [0.15, 0.2) is 0 Å². The number of rotatable bonds is 8. The molecule has 0 unspecified atom stereocenters. The molecule has 0 aromatic rings. The molecule has 100 valence electrons. The van der Waals surface area contributed by atoms with Crippen molar-refractivity contribution in [1.29, 1.82) is 0 Å². The summed E-state index contributed by atoms with van der Waals surface area (Å²) in [5.41, 5.74) is 4.54. The summed E-state index contributed by atoms with van der Waals surface area (Å²) >= 11 is 0. The fourth-order valence-corrected chi connectivity index (χ4v) is 0.862. The summed E-state index contributed by atoms with van der Waals surface area (Å²) in [6.45, 7) is 6.27. The van der Waals surface area contributed by atoms with Gasteiger partial charge >= 0.3 is 5.97 Å². The molecular weight excluding hydrogens is 226 g/mol. The van der Waals surface area contributed by atoms with Gasteiger partial charge in [-0.25, -0.2) is 4.79 Å². The molecule has 0 amide bonds. The van der Waals surface area contributed by atoms with Crippen molar-refractivity contribution in [3.8, 4) is 0 Å². The van der Waals surface area contributed by atoms with Gasteiger partial charge in [-0.15, -0.1) is 0 Å². The van der Waals surface area contributed by atoms with Crippen LogP contribution >= 0.6 is 0 Å². The van der Waals surface area contributed by atoms with Crippen molar-refractivity contribution in [3.05, 3.63) is 0 Å². The minimum Gasteiger partial charge on any atom is -0.454 e. The summed E-state index contributed by atoms with van der Waals surface area (Å²) in [6.07, 6.45) is 0. The lowest BCUT2D eigenvalue weighted by Crippen LogP contribution is -2.31. The summed E-state index contributed by atoms with van der Waals surface area (Å²) in [7, 11) is 0. The predicted octanol–water partition coefficient (Wildman–Crippen LogP) is -0.111. The highest BCUT2D eigenvalue weighted by molar-refractivity contribution is 6.34. The Morgan fingerprint density at radius 1 is 1.06 bits per heavy atom. The van der Waals surface area contributed by atoms with Crippen LogP contribution in [0.3, 0.4) is 0 Å². The molecule has 6 nitrogen and oxygen atoms in total. The standard InChI is InChI=1S/C11H21NO5/c1-11(2,3)17-10(14)9(13)8-16-7-6-15-5-4-12/h4-8,12H2,1-3H3. The number of esters is 1. The van der Waals surface area contributed by atoms with E-state index in [4.69, 9.17) is 19.9 Å². The van der Waals surface area contributed by atoms with E-state index in [1.54, 1.807) is 20.8 Å². The van der Waals surface area contributed by atoms with Crippen molar-refractivity contribution < 1.29 is 23.8 Å². The summed E-state index contributed by atoms with van der Waals surface area (Å²) in [6, 6.07) is 0. The number of nitrogens with two attached hydrogens (primary N) is 1. The molecule has 0 atom stereocenters. The van der Waals surface area contributed by atoms with Crippen molar-refractivity contribution in [2.45, 2.75) is 26.4 Å². The van der Waals surface area contributed by atoms with Crippen LogP contribution in [0.2, 0.25) is 0 Å². The van der Waals surface area contributed by atoms with E-state index >= 15 is 0 Å². The van der Waals surface area contributed by atoms with Gasteiger partial charge < -0.3 is 19.9 Å². The molecule has 6 heteroatoms. The zero-order valence-electron chi connectivity index (χ0n) is 10.7. The molecule has 0 saturated heterocycles. The van der Waals surface area contributed by atoms with Crippen LogP contribution in [-0.2, 0) is 23.8 Å². The highest BCUT2D eigenvalue weighted by Crippen LogP contribution is 2.06. The van der Waals surface area contributed by atoms with Gasteiger partial charge in [-0.05, 0) is 20.8 Å². The Morgan fingerprint density at radius 2 is 1.65 bits per heavy atom. The monoisotopic (exact) mass is 247 g/mol. The smallest absolute Gasteiger partial charge is 0.377 e. The Morgan fingerprint density at radius 3 is 2.18 bits per heavy atom. The van der Waals surface area contributed by atoms with Crippen LogP contribution in [0.4, 0.5) is 0 Å². The van der Waals surface area contributed by atoms with E-state index in [1.807, 2.05) is 0 Å². The zero-order chi connectivity index (χ0) is 13.3. The van der Waals surface area contributed by atoms with Gasteiger partial charge in [0.2, 0.25) is 0 Å². The van der Waals surface area contributed by atoms with Crippen molar-refractivity contribution in [3.63, 3.8) is 0 Å². The van der Waals surface area contributed by atoms with Crippen LogP contribution in [0.25, 0.3) is 0 Å². The van der Waals surface area contributed by atoms with E-state index in [0.29, 0.717) is 19.8 Å². The Bertz CT molecular complexity index is 247. The number of ether oxygens (including phenoxy) is 3. The minimum atomic E-state index is -0.875. The van der Waals surface area contributed by atoms with E-state index in [1.165, 1.54) is 0 Å². The topological polar surface area (TPSA) is 87.9 Å². The molecule has 0 aromatic heterocycles. The summed E-state index contributed by atoms with van der Waals surface area (Å²) < 4.78 is 14.9. The maximum atomic E-state index is 11.2. The number of carbonyl (C=O) groups is 2. The van der Waals surface area contributed by atoms with Gasteiger partial charge in [-0.3, -0.25) is 4.79 Å². The molecule has 0 aliphatic heterocycles. The molecule has 0 rings (SSSR count). The highest BCUT2D eigenvalue weighted by Gasteiger charge is 2.22. The van der Waals surface area contributed by atoms with Crippen LogP contribution < -0.4 is 5.73 Å². The van der Waals surface area contributed by atoms with E-state index in [0.717, 1.165) is 0 Å². The normalized spacial score (nSPS) is 11.3. The first-order valence-corrected chi connectivity index (χ1v) is 5.48. The predicted molar refractivity (Wildman–Crippen MR) is 61.5 cm³/mol. The molecule has 0 aliphatic rings. The molecule has 0 heterocycles. The number of carbonyl (C=O) groups excluding carboxylic acids is 2. The minimum absolute atomic E-state index is 0.245. The van der Waals surface area contributed by atoms with E-state index in [2.05, 4.69) is 0 Å². The fraction of sp³-hybridized carbons (Fsp3) is 0.818. The largest absolute Gasteiger partial charge is 0.454 e. The maximum Gasteiger partial charge on any atom is 0.377 e. The van der Waals surface area contributed by atoms with Crippen molar-refractivity contribution in [2.24, 2.45) is 5.73 Å². The molecule has 2 N–H and O–H groups in total. The number of hydrogen-bond acceptors (Lipinski definition) is 6. The molecule has 0 aliphatic carbocycles. The second-order valence-corrected chi connectivity index (χ2v) is 4.38. The van der Waals surface area contributed by atoms with Gasteiger partial charge in [-0.2, -0.15) is 0 Å². The third-order valence-corrected chi connectivity index (χ3v) is 1.49. The first-order chi connectivity index (χ1) is 7.87. The van der Waals surface area contributed by atoms with Gasteiger partial charge in [0.25, 0.3) is 5.78 Å². The first-order valence-electron chi connectivity index (χ1n) is 5.48. The SMILES string of the molecule is CC(C)(C)OC(=O)C(=O)COCCOCCN. The van der Waals surface area contributed by atoms with Gasteiger partial charge in [-0.1, -0.05) is 0 Å². The van der Waals surface area contributed by atoms with Crippen LogP contribution in [0, 0.1) is 0 Å². The third kappa shape index (κ3) is 9.92. The number of hydrogen-bond donors (Lipinski definition) is 1. The first kappa shape index (κ1) is 16.0. The highest BCUT2D eigenvalue weighted by atomic mass is 16.6. The lowest BCUT2D eigenvalue weighted by Gasteiger charge is -2.18. The number of ketones is 1. The average molecular weight is 247 g/mol. The lowest BCUT2D eigenvalue weighted by molar-refractivity contribution is -0.164. The molecule has 0 fully saturated rings. The van der Waals surface area contributed by atoms with E-state index < -0.39 is 17.4 Å². The molecular formula is C11H21NO5. The molecule has 17 heavy (non-hydrogen) atoms. The van der Waals surface area contributed by atoms with Gasteiger partial charge in [0.05, 0.1) is 19.8 Å². The second-order valence-electron chi connectivity index (χ2n) is 4.38. The molecule has 0 bridgehead atoms. The third-order valence-electron chi connectivity index (χ3n) is 1.49. The van der Waals surface area contributed by atoms with Crippen molar-refractivity contribution in [2.75, 3.05) is 33.0 Å². The quantitative estimate of drug-likeness (QED) is 0.366. The lowest BCUT2D eigenvalue weighted by atomic mass is 10.2. The summed E-state index contributed by atoms with van der Waals surface area (Å²) in [5.74, 6) is -1.57. The fourth-order valence-electron chi connectivity index (χ4n) is 0.862. The van der Waals surface area contributed by atoms with Crippen molar-refractivity contribution >= 4 is 11.8 Å². The van der Waals surface area contributed by atoms with Crippen LogP contribution in [0.5, 0.6) is 0 Å². The Kier molecular flexibility index (Phi) is 7.69. The Balaban J connectivity index is 3.62. The Labute approximate surface area is 101 Å². The summed E-state index contributed by atoms with van der Waals surface area (Å²) in [4.78, 5) is 22.5. The number of Topliss-reactive ketones (excluding diaryl/α,β-unsaturated/α-hetero) is 1. The van der Waals surface area contributed by atoms with Gasteiger partial charge in [0.1, 0.15) is 12.2 Å². The Hall–Kier alpha value is -0.980. The van der Waals surface area contributed by atoms with Gasteiger partial charge in [0, 0.05) is 6.54 Å². The van der Waals surface area contributed by atoms with E-state index in [9.17, 15) is 9.59 Å². The summed E-state index contributed by atoms with van der Waals surface area (Å²) in [5, 5.41) is 0. The second kappa shape index (κ2) is 8.16. The maximum absolute atomic E-state index is 11.2. The molecule has 0 saturated carbocycles. The zero-order valence-corrected chi connectivity index (χ0v) is 10.7. The van der Waals surface area contributed by atoms with Crippen LogP contribution in [0.15, 0.2) is 0 Å². The molecule has 0 spiro atoms. The van der Waals surface area contributed by atoms with Crippen molar-refractivity contribution in [1.82, 2.24) is 0 Å². The molecule has 0 aromatic carbocycles. The van der Waals surface area contributed by atoms with Crippen LogP contribution in [-0.4, -0.2) is 50.3 Å². The van der Waals surface area contributed by atoms with Crippen LogP contribution in [0.1, 0.15) is 20.8 Å².